The van der Waals surface area contributed by atoms with Crippen LogP contribution in [0, 0.1) is 6.92 Å². The number of aryl methyl sites for hydroxylation is 1. The van der Waals surface area contributed by atoms with Crippen LogP contribution in [0.1, 0.15) is 5.69 Å². The Kier molecular flexibility index (Phi) is 3.74. The van der Waals surface area contributed by atoms with Crippen molar-refractivity contribution in [2.75, 3.05) is 11.1 Å². The minimum atomic E-state index is 0.655. The van der Waals surface area contributed by atoms with Gasteiger partial charge in [0.25, 0.3) is 0 Å². The predicted octanol–water partition coefficient (Wildman–Crippen LogP) is 2.99. The molecule has 0 aliphatic rings. The van der Waals surface area contributed by atoms with E-state index in [1.807, 2.05) is 43.3 Å². The van der Waals surface area contributed by atoms with Gasteiger partial charge in [-0.1, -0.05) is 11.8 Å². The lowest BCUT2D eigenvalue weighted by Crippen LogP contribution is -1.95. The normalized spacial score (nSPS) is 10.5. The highest BCUT2D eigenvalue weighted by Crippen LogP contribution is 2.28. The highest BCUT2D eigenvalue weighted by Gasteiger charge is 2.03. The highest BCUT2D eigenvalue weighted by molar-refractivity contribution is 7.99. The van der Waals surface area contributed by atoms with Crippen molar-refractivity contribution in [2.24, 2.45) is 0 Å². The molecule has 0 unspecified atom stereocenters. The number of nitrogens with one attached hydrogen (secondary N) is 2. The van der Waals surface area contributed by atoms with Crippen LogP contribution in [-0.4, -0.2) is 20.4 Å². The fourth-order valence-corrected chi connectivity index (χ4v) is 2.57. The van der Waals surface area contributed by atoms with Crippen LogP contribution in [-0.2, 0) is 0 Å². The lowest BCUT2D eigenvalue weighted by molar-refractivity contribution is 0.994. The summed E-state index contributed by atoms with van der Waals surface area (Å²) in [6.07, 6.45) is 1.72. The molecular weight excluding hydrogens is 284 g/mol. The molecule has 3 rings (SSSR count). The van der Waals surface area contributed by atoms with Gasteiger partial charge in [-0.3, -0.25) is 5.10 Å². The first-order chi connectivity index (χ1) is 10.2. The monoisotopic (exact) mass is 298 g/mol. The standard InChI is InChI=1S/C14H14N6S/c1-9-6-13(20-18-9)17-14-7-12(8-16-19-14)21-11-4-2-10(15)3-5-11/h2-8H,15H2,1H3,(H2,17,18,19,20). The summed E-state index contributed by atoms with van der Waals surface area (Å²) in [4.78, 5) is 2.09. The number of hydrogen-bond acceptors (Lipinski definition) is 6. The van der Waals surface area contributed by atoms with Gasteiger partial charge in [0, 0.05) is 27.2 Å². The number of hydrogen-bond donors (Lipinski definition) is 3. The smallest absolute Gasteiger partial charge is 0.155 e. The molecule has 0 bridgehead atoms. The van der Waals surface area contributed by atoms with E-state index in [4.69, 9.17) is 5.73 Å². The Balaban J connectivity index is 1.75. The van der Waals surface area contributed by atoms with Gasteiger partial charge < -0.3 is 11.1 Å². The maximum absolute atomic E-state index is 5.68. The number of nitrogens with two attached hydrogens (primary N) is 1. The largest absolute Gasteiger partial charge is 0.399 e. The van der Waals surface area contributed by atoms with E-state index in [0.717, 1.165) is 27.0 Å². The van der Waals surface area contributed by atoms with Crippen molar-refractivity contribution >= 4 is 29.1 Å². The molecule has 6 nitrogen and oxygen atoms in total. The number of nitrogens with zero attached hydrogens (tertiary/aromatic N) is 3. The summed E-state index contributed by atoms with van der Waals surface area (Å²) in [6, 6.07) is 11.5. The molecule has 1 aromatic carbocycles. The van der Waals surface area contributed by atoms with E-state index in [1.165, 1.54) is 0 Å². The van der Waals surface area contributed by atoms with Crippen LogP contribution < -0.4 is 11.1 Å². The Morgan fingerprint density at radius 2 is 1.90 bits per heavy atom. The molecule has 7 heteroatoms. The van der Waals surface area contributed by atoms with E-state index in [1.54, 1.807) is 18.0 Å². The molecule has 0 spiro atoms. The van der Waals surface area contributed by atoms with Crippen LogP contribution in [0.2, 0.25) is 0 Å². The second-order valence-corrected chi connectivity index (χ2v) is 5.66. The summed E-state index contributed by atoms with van der Waals surface area (Å²) in [5.74, 6) is 1.37. The van der Waals surface area contributed by atoms with E-state index >= 15 is 0 Å². The van der Waals surface area contributed by atoms with E-state index in [-0.39, 0.29) is 0 Å². The van der Waals surface area contributed by atoms with Gasteiger partial charge in [-0.15, -0.1) is 5.10 Å². The molecule has 2 heterocycles. The van der Waals surface area contributed by atoms with Gasteiger partial charge in [0.2, 0.25) is 0 Å². The molecule has 0 saturated carbocycles. The van der Waals surface area contributed by atoms with Crippen molar-refractivity contribution < 1.29 is 0 Å². The fraction of sp³-hybridized carbons (Fsp3) is 0.0714. The lowest BCUT2D eigenvalue weighted by Gasteiger charge is -2.04. The topological polar surface area (TPSA) is 92.5 Å². The summed E-state index contributed by atoms with van der Waals surface area (Å²) < 4.78 is 0. The molecule has 106 valence electrons. The predicted molar refractivity (Wildman–Crippen MR) is 83.6 cm³/mol. The Morgan fingerprint density at radius 3 is 2.62 bits per heavy atom. The average Bonchev–Trinajstić information content (AvgIpc) is 2.87. The summed E-state index contributed by atoms with van der Waals surface area (Å²) in [5.41, 5.74) is 7.42. The van der Waals surface area contributed by atoms with Gasteiger partial charge in [-0.2, -0.15) is 10.2 Å². The van der Waals surface area contributed by atoms with Crippen LogP contribution in [0.4, 0.5) is 17.3 Å². The van der Waals surface area contributed by atoms with E-state index in [2.05, 4.69) is 25.7 Å². The highest BCUT2D eigenvalue weighted by atomic mass is 32.2. The van der Waals surface area contributed by atoms with Gasteiger partial charge in [-0.05, 0) is 37.3 Å². The van der Waals surface area contributed by atoms with Gasteiger partial charge in [0.1, 0.15) is 0 Å². The number of aromatic nitrogens is 4. The number of rotatable bonds is 4. The molecule has 0 aliphatic carbocycles. The Bertz CT molecular complexity index is 737. The first kappa shape index (κ1) is 13.4. The minimum Gasteiger partial charge on any atom is -0.399 e. The van der Waals surface area contributed by atoms with E-state index in [0.29, 0.717) is 5.82 Å². The Labute approximate surface area is 126 Å². The number of aromatic amines is 1. The summed E-state index contributed by atoms with van der Waals surface area (Å²) in [5, 5.41) is 18.1. The maximum Gasteiger partial charge on any atom is 0.155 e. The van der Waals surface area contributed by atoms with Crippen LogP contribution >= 0.6 is 11.8 Å². The quantitative estimate of drug-likeness (QED) is 0.641. The molecule has 0 aliphatic heterocycles. The van der Waals surface area contributed by atoms with Crippen LogP contribution in [0.5, 0.6) is 0 Å². The molecule has 3 aromatic rings. The zero-order chi connectivity index (χ0) is 14.7. The Hall–Kier alpha value is -2.54. The van der Waals surface area contributed by atoms with E-state index < -0.39 is 0 Å². The van der Waals surface area contributed by atoms with Gasteiger partial charge in [-0.25, -0.2) is 0 Å². The molecule has 0 atom stereocenters. The molecule has 0 saturated heterocycles. The van der Waals surface area contributed by atoms with Crippen LogP contribution in [0.3, 0.4) is 0 Å². The summed E-state index contributed by atoms with van der Waals surface area (Å²) >= 11 is 1.60. The Morgan fingerprint density at radius 1 is 1.10 bits per heavy atom. The van der Waals surface area contributed by atoms with Crippen molar-refractivity contribution in [1.29, 1.82) is 0 Å². The van der Waals surface area contributed by atoms with Crippen molar-refractivity contribution in [2.45, 2.75) is 16.7 Å². The first-order valence-corrected chi connectivity index (χ1v) is 7.16. The molecular formula is C14H14N6S. The van der Waals surface area contributed by atoms with Crippen LogP contribution in [0.25, 0.3) is 0 Å². The zero-order valence-electron chi connectivity index (χ0n) is 11.4. The maximum atomic E-state index is 5.68. The third-order valence-electron chi connectivity index (χ3n) is 2.71. The third kappa shape index (κ3) is 3.51. The summed E-state index contributed by atoms with van der Waals surface area (Å²) in [6.45, 7) is 1.94. The number of benzene rings is 1. The third-order valence-corrected chi connectivity index (χ3v) is 3.67. The minimum absolute atomic E-state index is 0.655. The number of anilines is 3. The molecule has 0 amide bonds. The number of nitrogen functional groups attached to an aromatic ring is 1. The lowest BCUT2D eigenvalue weighted by atomic mass is 10.3. The first-order valence-electron chi connectivity index (χ1n) is 6.34. The molecule has 0 radical (unpaired) electrons. The second-order valence-electron chi connectivity index (χ2n) is 4.51. The second kappa shape index (κ2) is 5.84. The zero-order valence-corrected chi connectivity index (χ0v) is 12.2. The van der Waals surface area contributed by atoms with Crippen LogP contribution in [0.15, 0.2) is 52.4 Å². The summed E-state index contributed by atoms with van der Waals surface area (Å²) in [7, 11) is 0. The number of H-pyrrole nitrogens is 1. The van der Waals surface area contributed by atoms with Crippen molar-refractivity contribution in [3.05, 3.63) is 48.3 Å². The molecule has 2 aromatic heterocycles. The molecule has 21 heavy (non-hydrogen) atoms. The fourth-order valence-electron chi connectivity index (χ4n) is 1.75. The van der Waals surface area contributed by atoms with Crippen molar-refractivity contribution in [3.63, 3.8) is 0 Å². The van der Waals surface area contributed by atoms with Gasteiger partial charge >= 0.3 is 0 Å². The van der Waals surface area contributed by atoms with E-state index in [9.17, 15) is 0 Å². The molecule has 0 fully saturated rings. The van der Waals surface area contributed by atoms with Gasteiger partial charge in [0.15, 0.2) is 11.6 Å². The van der Waals surface area contributed by atoms with Gasteiger partial charge in [0.05, 0.1) is 6.20 Å². The van der Waals surface area contributed by atoms with Crippen molar-refractivity contribution in [3.8, 4) is 0 Å². The van der Waals surface area contributed by atoms with Crippen molar-refractivity contribution in [1.82, 2.24) is 20.4 Å². The molecule has 4 N–H and O–H groups in total. The average molecular weight is 298 g/mol. The SMILES string of the molecule is Cc1cc(Nc2cc(Sc3ccc(N)cc3)cnn2)n[nH]1.